The van der Waals surface area contributed by atoms with Gasteiger partial charge in [-0.05, 0) is 31.9 Å². The third-order valence-electron chi connectivity index (χ3n) is 3.52. The summed E-state index contributed by atoms with van der Waals surface area (Å²) in [7, 11) is 2.01. The Bertz CT molecular complexity index is 361. The number of anilines is 1. The quantitative estimate of drug-likeness (QED) is 0.593. The van der Waals surface area contributed by atoms with Crippen molar-refractivity contribution in [3.05, 3.63) is 29.8 Å². The van der Waals surface area contributed by atoms with Crippen molar-refractivity contribution >= 4 is 11.5 Å². The SMILES string of the molecule is Cc1ccc(N(C)C(=N)C2CCCC2)cc1. The van der Waals surface area contributed by atoms with Gasteiger partial charge in [-0.3, -0.25) is 5.41 Å². The minimum atomic E-state index is 0.478. The molecule has 0 unspecified atom stereocenters. The molecule has 0 heterocycles. The Morgan fingerprint density at radius 3 is 2.31 bits per heavy atom. The van der Waals surface area contributed by atoms with Crippen LogP contribution >= 0.6 is 0 Å². The minimum Gasteiger partial charge on any atom is -0.333 e. The van der Waals surface area contributed by atoms with Gasteiger partial charge in [-0.15, -0.1) is 0 Å². The van der Waals surface area contributed by atoms with Crippen LogP contribution in [0.1, 0.15) is 31.2 Å². The molecule has 0 bridgehead atoms. The number of nitrogens with one attached hydrogen (secondary N) is 1. The second-order valence-electron chi connectivity index (χ2n) is 4.76. The van der Waals surface area contributed by atoms with E-state index in [-0.39, 0.29) is 0 Å². The van der Waals surface area contributed by atoms with E-state index in [0.717, 1.165) is 11.5 Å². The van der Waals surface area contributed by atoms with Crippen LogP contribution in [0.5, 0.6) is 0 Å². The van der Waals surface area contributed by atoms with E-state index in [4.69, 9.17) is 5.41 Å². The summed E-state index contributed by atoms with van der Waals surface area (Å²) in [4.78, 5) is 2.02. The van der Waals surface area contributed by atoms with Crippen molar-refractivity contribution in [3.8, 4) is 0 Å². The first-order valence-electron chi connectivity index (χ1n) is 6.07. The zero-order valence-corrected chi connectivity index (χ0v) is 10.2. The Labute approximate surface area is 97.8 Å². The predicted octanol–water partition coefficient (Wildman–Crippen LogP) is 3.60. The molecular weight excluding hydrogens is 196 g/mol. The molecule has 0 aromatic heterocycles. The van der Waals surface area contributed by atoms with Crippen LogP contribution in [0.25, 0.3) is 0 Å². The van der Waals surface area contributed by atoms with Crippen LogP contribution in [0.15, 0.2) is 24.3 Å². The molecule has 1 aromatic carbocycles. The Balaban J connectivity index is 2.08. The number of nitrogens with zero attached hydrogens (tertiary/aromatic N) is 1. The molecule has 1 fully saturated rings. The highest BCUT2D eigenvalue weighted by Crippen LogP contribution is 2.28. The van der Waals surface area contributed by atoms with E-state index >= 15 is 0 Å². The Hall–Kier alpha value is -1.31. The van der Waals surface area contributed by atoms with Gasteiger partial charge in [0, 0.05) is 18.7 Å². The smallest absolute Gasteiger partial charge is 0.103 e. The van der Waals surface area contributed by atoms with Crippen molar-refractivity contribution in [2.45, 2.75) is 32.6 Å². The first-order valence-corrected chi connectivity index (χ1v) is 6.07. The van der Waals surface area contributed by atoms with Crippen LogP contribution in [-0.2, 0) is 0 Å². The largest absolute Gasteiger partial charge is 0.333 e. The molecule has 0 amide bonds. The monoisotopic (exact) mass is 216 g/mol. The van der Waals surface area contributed by atoms with Gasteiger partial charge in [-0.25, -0.2) is 0 Å². The lowest BCUT2D eigenvalue weighted by molar-refractivity contribution is 0.710. The molecule has 2 nitrogen and oxygen atoms in total. The topological polar surface area (TPSA) is 27.1 Å². The van der Waals surface area contributed by atoms with Crippen molar-refractivity contribution in [2.24, 2.45) is 5.92 Å². The first kappa shape index (κ1) is 11.2. The minimum absolute atomic E-state index is 0.478. The van der Waals surface area contributed by atoms with Gasteiger partial charge in [0.2, 0.25) is 0 Å². The molecule has 0 saturated heterocycles. The van der Waals surface area contributed by atoms with Crippen LogP contribution < -0.4 is 4.90 Å². The lowest BCUT2D eigenvalue weighted by Crippen LogP contribution is -2.30. The van der Waals surface area contributed by atoms with Gasteiger partial charge in [0.25, 0.3) is 0 Å². The summed E-state index contributed by atoms with van der Waals surface area (Å²) in [6, 6.07) is 8.40. The summed E-state index contributed by atoms with van der Waals surface area (Å²) >= 11 is 0. The zero-order chi connectivity index (χ0) is 11.5. The van der Waals surface area contributed by atoms with Gasteiger partial charge in [0.1, 0.15) is 5.84 Å². The van der Waals surface area contributed by atoms with E-state index in [1.54, 1.807) is 0 Å². The second-order valence-corrected chi connectivity index (χ2v) is 4.76. The summed E-state index contributed by atoms with van der Waals surface area (Å²) in [6.07, 6.45) is 4.95. The highest BCUT2D eigenvalue weighted by atomic mass is 15.1. The first-order chi connectivity index (χ1) is 7.68. The molecule has 0 aliphatic heterocycles. The molecule has 1 aliphatic carbocycles. The average Bonchev–Trinajstić information content (AvgIpc) is 2.81. The second kappa shape index (κ2) is 4.69. The molecular formula is C14H20N2. The normalized spacial score (nSPS) is 16.4. The molecule has 0 radical (unpaired) electrons. The lowest BCUT2D eigenvalue weighted by atomic mass is 10.1. The van der Waals surface area contributed by atoms with Crippen molar-refractivity contribution < 1.29 is 0 Å². The maximum absolute atomic E-state index is 8.21. The Morgan fingerprint density at radius 2 is 1.75 bits per heavy atom. The van der Waals surface area contributed by atoms with E-state index in [1.807, 2.05) is 11.9 Å². The molecule has 1 aliphatic rings. The fraction of sp³-hybridized carbons (Fsp3) is 0.500. The van der Waals surface area contributed by atoms with Gasteiger partial charge < -0.3 is 4.90 Å². The number of hydrogen-bond donors (Lipinski definition) is 1. The third kappa shape index (κ3) is 2.26. The highest BCUT2D eigenvalue weighted by Gasteiger charge is 2.22. The van der Waals surface area contributed by atoms with Crippen molar-refractivity contribution in [2.75, 3.05) is 11.9 Å². The van der Waals surface area contributed by atoms with Gasteiger partial charge in [0.05, 0.1) is 0 Å². The highest BCUT2D eigenvalue weighted by molar-refractivity contribution is 5.96. The molecule has 0 atom stereocenters. The summed E-state index contributed by atoms with van der Waals surface area (Å²) < 4.78 is 0. The van der Waals surface area contributed by atoms with Crippen LogP contribution in [-0.4, -0.2) is 12.9 Å². The fourth-order valence-corrected chi connectivity index (χ4v) is 2.38. The maximum Gasteiger partial charge on any atom is 0.103 e. The van der Waals surface area contributed by atoms with Crippen LogP contribution in [0, 0.1) is 18.3 Å². The maximum atomic E-state index is 8.21. The van der Waals surface area contributed by atoms with Crippen molar-refractivity contribution in [3.63, 3.8) is 0 Å². The summed E-state index contributed by atoms with van der Waals surface area (Å²) in [5, 5.41) is 8.21. The number of amidine groups is 1. The standard InChI is InChI=1S/C14H20N2/c1-11-7-9-13(10-8-11)16(2)14(15)12-5-3-4-6-12/h7-10,12,15H,3-6H2,1-2H3. The predicted molar refractivity (Wildman–Crippen MR) is 69.3 cm³/mol. The molecule has 16 heavy (non-hydrogen) atoms. The number of aryl methyl sites for hydroxylation is 1. The number of benzene rings is 1. The van der Waals surface area contributed by atoms with E-state index < -0.39 is 0 Å². The van der Waals surface area contributed by atoms with Crippen molar-refractivity contribution in [1.29, 1.82) is 5.41 Å². The average molecular weight is 216 g/mol. The summed E-state index contributed by atoms with van der Waals surface area (Å²) in [5.41, 5.74) is 2.40. The van der Waals surface area contributed by atoms with E-state index in [2.05, 4.69) is 31.2 Å². The molecule has 1 saturated carbocycles. The molecule has 2 rings (SSSR count). The third-order valence-corrected chi connectivity index (χ3v) is 3.52. The van der Waals surface area contributed by atoms with Crippen LogP contribution in [0.2, 0.25) is 0 Å². The zero-order valence-electron chi connectivity index (χ0n) is 10.2. The Kier molecular flexibility index (Phi) is 3.28. The van der Waals surface area contributed by atoms with Gasteiger partial charge >= 0.3 is 0 Å². The molecule has 86 valence electrons. The molecule has 2 heteroatoms. The van der Waals surface area contributed by atoms with E-state index in [0.29, 0.717) is 5.92 Å². The fourth-order valence-electron chi connectivity index (χ4n) is 2.38. The van der Waals surface area contributed by atoms with Crippen molar-refractivity contribution in [1.82, 2.24) is 0 Å². The van der Waals surface area contributed by atoms with Gasteiger partial charge in [-0.2, -0.15) is 0 Å². The lowest BCUT2D eigenvalue weighted by Gasteiger charge is -2.24. The van der Waals surface area contributed by atoms with Gasteiger partial charge in [-0.1, -0.05) is 30.5 Å². The summed E-state index contributed by atoms with van der Waals surface area (Å²) in [6.45, 7) is 2.09. The van der Waals surface area contributed by atoms with Gasteiger partial charge in [0.15, 0.2) is 0 Å². The van der Waals surface area contributed by atoms with Crippen LogP contribution in [0.3, 0.4) is 0 Å². The van der Waals surface area contributed by atoms with E-state index in [1.165, 1.54) is 31.2 Å². The van der Waals surface area contributed by atoms with E-state index in [9.17, 15) is 0 Å². The molecule has 1 aromatic rings. The number of hydrogen-bond acceptors (Lipinski definition) is 1. The van der Waals surface area contributed by atoms with Crippen LogP contribution in [0.4, 0.5) is 5.69 Å². The molecule has 0 spiro atoms. The Morgan fingerprint density at radius 1 is 1.19 bits per heavy atom. The molecule has 1 N–H and O–H groups in total. The summed E-state index contributed by atoms with van der Waals surface area (Å²) in [5.74, 6) is 1.26. The number of rotatable bonds is 2.